The highest BCUT2D eigenvalue weighted by Crippen LogP contribution is 2.16. The summed E-state index contributed by atoms with van der Waals surface area (Å²) in [4.78, 5) is 11.4. The number of benzene rings is 1. The molecule has 1 heterocycles. The van der Waals surface area contributed by atoms with Crippen molar-refractivity contribution in [2.75, 3.05) is 25.5 Å². The molecule has 1 aliphatic heterocycles. The highest BCUT2D eigenvalue weighted by molar-refractivity contribution is 5.90. The second kappa shape index (κ2) is 6.52. The molecule has 1 fully saturated rings. The molecule has 1 unspecified atom stereocenters. The quantitative estimate of drug-likeness (QED) is 0.820. The minimum absolute atomic E-state index is 0.0379. The summed E-state index contributed by atoms with van der Waals surface area (Å²) < 4.78 is 18.0. The van der Waals surface area contributed by atoms with E-state index in [9.17, 15) is 9.18 Å². The number of nitrogens with one attached hydrogen (secondary N) is 2. The van der Waals surface area contributed by atoms with Crippen molar-refractivity contribution in [1.82, 2.24) is 5.32 Å². The zero-order valence-corrected chi connectivity index (χ0v) is 11.0. The molecule has 2 rings (SSSR count). The molecule has 4 nitrogen and oxygen atoms in total. The van der Waals surface area contributed by atoms with Crippen LogP contribution in [0.3, 0.4) is 0 Å². The first kappa shape index (κ1) is 13.8. The van der Waals surface area contributed by atoms with E-state index in [-0.39, 0.29) is 5.56 Å². The Kier molecular flexibility index (Phi) is 4.74. The lowest BCUT2D eigenvalue weighted by atomic mass is 10.0. The van der Waals surface area contributed by atoms with Gasteiger partial charge in [0.25, 0.3) is 0 Å². The van der Waals surface area contributed by atoms with Crippen molar-refractivity contribution in [2.24, 2.45) is 0 Å². The molecule has 5 heteroatoms. The van der Waals surface area contributed by atoms with Crippen LogP contribution in [0.5, 0.6) is 0 Å². The van der Waals surface area contributed by atoms with Gasteiger partial charge >= 0.3 is 5.97 Å². The molecule has 1 saturated heterocycles. The Balaban J connectivity index is 1.98. The summed E-state index contributed by atoms with van der Waals surface area (Å²) in [5.74, 6) is -1.22. The topological polar surface area (TPSA) is 50.4 Å². The number of anilines is 1. The standard InChI is InChI=1S/C14H19FN2O2/c1-19-14(18)12-8-10(5-6-13(12)15)17-9-11-4-2-3-7-16-11/h5-6,8,11,16-17H,2-4,7,9H2,1H3. The molecule has 0 saturated carbocycles. The predicted octanol–water partition coefficient (Wildman–Crippen LogP) is 2.17. The van der Waals surface area contributed by atoms with Gasteiger partial charge in [0.05, 0.1) is 12.7 Å². The number of carbonyl (C=O) groups excluding carboxylic acids is 1. The highest BCUT2D eigenvalue weighted by atomic mass is 19.1. The average Bonchev–Trinajstić information content (AvgIpc) is 2.46. The predicted molar refractivity (Wildman–Crippen MR) is 71.9 cm³/mol. The molecule has 0 spiro atoms. The van der Waals surface area contributed by atoms with Gasteiger partial charge in [0.1, 0.15) is 5.82 Å². The van der Waals surface area contributed by atoms with Gasteiger partial charge in [-0.2, -0.15) is 0 Å². The van der Waals surface area contributed by atoms with Crippen molar-refractivity contribution in [3.8, 4) is 0 Å². The smallest absolute Gasteiger partial charge is 0.340 e. The first-order valence-electron chi connectivity index (χ1n) is 6.56. The molecule has 1 aliphatic rings. The molecular formula is C14H19FN2O2. The largest absolute Gasteiger partial charge is 0.465 e. The molecule has 1 atom stereocenters. The van der Waals surface area contributed by atoms with E-state index in [4.69, 9.17) is 0 Å². The fourth-order valence-electron chi connectivity index (χ4n) is 2.24. The minimum atomic E-state index is -0.656. The van der Waals surface area contributed by atoms with E-state index in [1.165, 1.54) is 32.1 Å². The van der Waals surface area contributed by atoms with Gasteiger partial charge in [-0.3, -0.25) is 0 Å². The molecule has 1 aromatic rings. The second-order valence-corrected chi connectivity index (χ2v) is 4.71. The third-order valence-electron chi connectivity index (χ3n) is 3.34. The van der Waals surface area contributed by atoms with Gasteiger partial charge in [-0.05, 0) is 37.6 Å². The van der Waals surface area contributed by atoms with Gasteiger partial charge in [-0.15, -0.1) is 0 Å². The van der Waals surface area contributed by atoms with E-state index < -0.39 is 11.8 Å². The number of rotatable bonds is 4. The monoisotopic (exact) mass is 266 g/mol. The zero-order chi connectivity index (χ0) is 13.7. The number of methoxy groups -OCH3 is 1. The van der Waals surface area contributed by atoms with Gasteiger partial charge in [0.2, 0.25) is 0 Å². The molecule has 2 N–H and O–H groups in total. The number of piperidine rings is 1. The lowest BCUT2D eigenvalue weighted by molar-refractivity contribution is 0.0595. The number of ether oxygens (including phenoxy) is 1. The zero-order valence-electron chi connectivity index (χ0n) is 11.0. The second-order valence-electron chi connectivity index (χ2n) is 4.71. The normalized spacial score (nSPS) is 18.9. The minimum Gasteiger partial charge on any atom is -0.465 e. The number of esters is 1. The fourth-order valence-corrected chi connectivity index (χ4v) is 2.24. The number of hydrogen-bond acceptors (Lipinski definition) is 4. The Morgan fingerprint density at radius 2 is 2.37 bits per heavy atom. The highest BCUT2D eigenvalue weighted by Gasteiger charge is 2.14. The maximum atomic E-state index is 13.5. The Labute approximate surface area is 112 Å². The molecule has 0 bridgehead atoms. The molecule has 19 heavy (non-hydrogen) atoms. The first-order chi connectivity index (χ1) is 9.20. The van der Waals surface area contributed by atoms with Crippen LogP contribution in [0.1, 0.15) is 29.6 Å². The van der Waals surface area contributed by atoms with Crippen LogP contribution < -0.4 is 10.6 Å². The third kappa shape index (κ3) is 3.67. The summed E-state index contributed by atoms with van der Waals surface area (Å²) in [6.07, 6.45) is 3.59. The summed E-state index contributed by atoms with van der Waals surface area (Å²) in [6, 6.07) is 4.83. The van der Waals surface area contributed by atoms with Crippen molar-refractivity contribution in [1.29, 1.82) is 0 Å². The molecule has 0 amide bonds. The summed E-state index contributed by atoms with van der Waals surface area (Å²) >= 11 is 0. The van der Waals surface area contributed by atoms with E-state index in [1.807, 2.05) is 0 Å². The Bertz CT molecular complexity index is 445. The summed E-state index contributed by atoms with van der Waals surface area (Å²) in [7, 11) is 1.24. The van der Waals surface area contributed by atoms with E-state index in [2.05, 4.69) is 15.4 Å². The maximum Gasteiger partial charge on any atom is 0.340 e. The molecule has 0 radical (unpaired) electrons. The van der Waals surface area contributed by atoms with Crippen LogP contribution in [-0.4, -0.2) is 32.2 Å². The van der Waals surface area contributed by atoms with E-state index in [1.54, 1.807) is 6.07 Å². The Morgan fingerprint density at radius 3 is 3.05 bits per heavy atom. The van der Waals surface area contributed by atoms with Crippen LogP contribution in [0.2, 0.25) is 0 Å². The van der Waals surface area contributed by atoms with Crippen molar-refractivity contribution in [3.05, 3.63) is 29.6 Å². The van der Waals surface area contributed by atoms with Crippen LogP contribution in [0.15, 0.2) is 18.2 Å². The van der Waals surface area contributed by atoms with Gasteiger partial charge in [-0.1, -0.05) is 6.42 Å². The summed E-state index contributed by atoms with van der Waals surface area (Å²) in [5, 5.41) is 6.65. The molecular weight excluding hydrogens is 247 g/mol. The van der Waals surface area contributed by atoms with Crippen LogP contribution in [-0.2, 0) is 4.74 Å². The van der Waals surface area contributed by atoms with Crippen molar-refractivity contribution in [2.45, 2.75) is 25.3 Å². The van der Waals surface area contributed by atoms with Gasteiger partial charge < -0.3 is 15.4 Å². The van der Waals surface area contributed by atoms with Crippen molar-refractivity contribution in [3.63, 3.8) is 0 Å². The number of halogens is 1. The van der Waals surface area contributed by atoms with Gasteiger partial charge in [0, 0.05) is 18.3 Å². The van der Waals surface area contributed by atoms with E-state index in [0.29, 0.717) is 6.04 Å². The number of hydrogen-bond donors (Lipinski definition) is 2. The van der Waals surface area contributed by atoms with Gasteiger partial charge in [-0.25, -0.2) is 9.18 Å². The van der Waals surface area contributed by atoms with Gasteiger partial charge in [0.15, 0.2) is 0 Å². The maximum absolute atomic E-state index is 13.5. The van der Waals surface area contributed by atoms with Crippen LogP contribution in [0.25, 0.3) is 0 Å². The van der Waals surface area contributed by atoms with Crippen molar-refractivity contribution < 1.29 is 13.9 Å². The molecule has 0 aliphatic carbocycles. The number of carbonyl (C=O) groups is 1. The summed E-state index contributed by atoms with van der Waals surface area (Å²) in [5.41, 5.74) is 0.693. The SMILES string of the molecule is COC(=O)c1cc(NCC2CCCCN2)ccc1F. The molecule has 104 valence electrons. The lowest BCUT2D eigenvalue weighted by Crippen LogP contribution is -2.39. The molecule has 1 aromatic carbocycles. The Hall–Kier alpha value is -1.62. The van der Waals surface area contributed by atoms with Crippen LogP contribution in [0.4, 0.5) is 10.1 Å². The van der Waals surface area contributed by atoms with E-state index in [0.717, 1.165) is 25.2 Å². The van der Waals surface area contributed by atoms with E-state index >= 15 is 0 Å². The fraction of sp³-hybridized carbons (Fsp3) is 0.500. The Morgan fingerprint density at radius 1 is 1.53 bits per heavy atom. The first-order valence-corrected chi connectivity index (χ1v) is 6.56. The molecule has 0 aromatic heterocycles. The van der Waals surface area contributed by atoms with Crippen LogP contribution in [0, 0.1) is 5.82 Å². The summed E-state index contributed by atoms with van der Waals surface area (Å²) in [6.45, 7) is 1.81. The average molecular weight is 266 g/mol. The third-order valence-corrected chi connectivity index (χ3v) is 3.34. The van der Waals surface area contributed by atoms with Crippen molar-refractivity contribution >= 4 is 11.7 Å². The van der Waals surface area contributed by atoms with Crippen LogP contribution >= 0.6 is 0 Å². The lowest BCUT2D eigenvalue weighted by Gasteiger charge is -2.24.